The summed E-state index contributed by atoms with van der Waals surface area (Å²) < 4.78 is 22.3. The van der Waals surface area contributed by atoms with Gasteiger partial charge in [0.05, 0.1) is 11.9 Å². The van der Waals surface area contributed by atoms with Crippen LogP contribution in [0.15, 0.2) is 41.3 Å². The Kier molecular flexibility index (Phi) is 3.63. The minimum Gasteiger partial charge on any atom is -0.477 e. The minimum atomic E-state index is -1.38. The molecule has 142 valence electrons. The molecule has 0 amide bonds. The van der Waals surface area contributed by atoms with Gasteiger partial charge in [-0.25, -0.2) is 9.18 Å². The van der Waals surface area contributed by atoms with Crippen LogP contribution in [0.5, 0.6) is 11.5 Å². The van der Waals surface area contributed by atoms with E-state index in [-0.39, 0.29) is 5.75 Å². The number of pyridine rings is 2. The van der Waals surface area contributed by atoms with Crippen molar-refractivity contribution in [3.05, 3.63) is 58.3 Å². The largest absolute Gasteiger partial charge is 0.477 e. The molecule has 1 fully saturated rings. The fourth-order valence-electron chi connectivity index (χ4n) is 3.95. The van der Waals surface area contributed by atoms with Crippen LogP contribution in [-0.4, -0.2) is 41.7 Å². The summed E-state index contributed by atoms with van der Waals surface area (Å²) in [6.45, 7) is 2.69. The zero-order chi connectivity index (χ0) is 19.4. The van der Waals surface area contributed by atoms with Gasteiger partial charge >= 0.3 is 5.97 Å². The van der Waals surface area contributed by atoms with Gasteiger partial charge in [-0.3, -0.25) is 9.20 Å². The van der Waals surface area contributed by atoms with Gasteiger partial charge in [-0.1, -0.05) is 18.2 Å². The number of anilines is 1. The summed E-state index contributed by atoms with van der Waals surface area (Å²) in [5.74, 6) is -1.24. The number of para-hydroxylation sites is 1. The van der Waals surface area contributed by atoms with E-state index in [0.29, 0.717) is 41.2 Å². The van der Waals surface area contributed by atoms with Crippen LogP contribution in [0.4, 0.5) is 10.1 Å². The van der Waals surface area contributed by atoms with E-state index in [4.69, 9.17) is 4.74 Å². The maximum absolute atomic E-state index is 15.3. The quantitative estimate of drug-likeness (QED) is 0.555. The van der Waals surface area contributed by atoms with Gasteiger partial charge < -0.3 is 20.1 Å². The Labute approximate surface area is 158 Å². The molecular formula is C20H16FN3O4. The molecule has 3 aromatic rings. The van der Waals surface area contributed by atoms with Crippen LogP contribution in [0.1, 0.15) is 10.4 Å². The molecular weight excluding hydrogens is 365 g/mol. The van der Waals surface area contributed by atoms with Crippen molar-refractivity contribution in [3.63, 3.8) is 0 Å². The van der Waals surface area contributed by atoms with Crippen LogP contribution in [0, 0.1) is 5.82 Å². The van der Waals surface area contributed by atoms with Gasteiger partial charge in [0.25, 0.3) is 5.56 Å². The molecule has 4 heterocycles. The number of benzene rings is 1. The van der Waals surface area contributed by atoms with Crippen LogP contribution in [0.3, 0.4) is 0 Å². The van der Waals surface area contributed by atoms with Crippen molar-refractivity contribution in [2.24, 2.45) is 0 Å². The van der Waals surface area contributed by atoms with E-state index in [1.807, 2.05) is 17.0 Å². The van der Waals surface area contributed by atoms with Gasteiger partial charge in [-0.2, -0.15) is 0 Å². The number of fused-ring (bicyclic) bond motifs is 2. The average molecular weight is 381 g/mol. The summed E-state index contributed by atoms with van der Waals surface area (Å²) in [5.41, 5.74) is 0.744. The second-order valence-electron chi connectivity index (χ2n) is 6.79. The van der Waals surface area contributed by atoms with E-state index in [9.17, 15) is 14.7 Å². The first kappa shape index (κ1) is 16.8. The average Bonchev–Trinajstić information content (AvgIpc) is 2.70. The molecule has 8 heteroatoms. The molecule has 0 spiro atoms. The normalized spacial score (nSPS) is 15.2. The maximum atomic E-state index is 15.3. The third kappa shape index (κ3) is 2.31. The number of nitrogens with zero attached hydrogens (tertiary/aromatic N) is 2. The number of hydrogen-bond donors (Lipinski definition) is 2. The zero-order valence-electron chi connectivity index (χ0n) is 14.7. The highest BCUT2D eigenvalue weighted by atomic mass is 19.1. The molecule has 0 unspecified atom stereocenters. The first-order valence-corrected chi connectivity index (χ1v) is 8.94. The monoisotopic (exact) mass is 381 g/mol. The molecule has 2 aliphatic rings. The predicted molar refractivity (Wildman–Crippen MR) is 101 cm³/mol. The molecule has 5 rings (SSSR count). The summed E-state index contributed by atoms with van der Waals surface area (Å²) in [6.07, 6.45) is 1.06. The van der Waals surface area contributed by atoms with Crippen LogP contribution < -0.4 is 20.5 Å². The smallest absolute Gasteiger partial charge is 0.341 e. The van der Waals surface area contributed by atoms with Gasteiger partial charge in [0.1, 0.15) is 16.8 Å². The molecule has 0 saturated carbocycles. The molecule has 28 heavy (non-hydrogen) atoms. The van der Waals surface area contributed by atoms with Crippen LogP contribution in [-0.2, 0) is 0 Å². The van der Waals surface area contributed by atoms with Crippen LogP contribution in [0.2, 0.25) is 0 Å². The number of carboxylic acids is 1. The first-order valence-electron chi connectivity index (χ1n) is 8.94. The third-order valence-corrected chi connectivity index (χ3v) is 5.18. The molecule has 0 bridgehead atoms. The lowest BCUT2D eigenvalue weighted by Crippen LogP contribution is -2.44. The second-order valence-corrected chi connectivity index (χ2v) is 6.79. The molecule has 0 radical (unpaired) electrons. The van der Waals surface area contributed by atoms with Crippen molar-refractivity contribution in [3.8, 4) is 22.6 Å². The Morgan fingerprint density at radius 2 is 1.93 bits per heavy atom. The number of nitrogens with one attached hydrogen (secondary N) is 1. The molecule has 1 saturated heterocycles. The number of aromatic carboxylic acids is 1. The van der Waals surface area contributed by atoms with Crippen molar-refractivity contribution < 1.29 is 19.0 Å². The molecule has 1 aromatic carbocycles. The lowest BCUT2D eigenvalue weighted by atomic mass is 9.97. The molecule has 2 aliphatic heterocycles. The number of rotatable bonds is 2. The van der Waals surface area contributed by atoms with Gasteiger partial charge in [0.15, 0.2) is 11.6 Å². The Morgan fingerprint density at radius 3 is 2.68 bits per heavy atom. The lowest BCUT2D eigenvalue weighted by molar-refractivity contribution is 0.0694. The Hall–Kier alpha value is -3.39. The van der Waals surface area contributed by atoms with Crippen molar-refractivity contribution in [2.45, 2.75) is 0 Å². The van der Waals surface area contributed by atoms with Crippen LogP contribution in [0.25, 0.3) is 16.6 Å². The number of carbonyl (C=O) groups is 1. The Balaban J connectivity index is 1.93. The van der Waals surface area contributed by atoms with E-state index in [2.05, 4.69) is 5.32 Å². The number of carboxylic acid groups (broad SMARTS) is 1. The highest BCUT2D eigenvalue weighted by Gasteiger charge is 2.31. The summed E-state index contributed by atoms with van der Waals surface area (Å²) in [4.78, 5) is 26.2. The fourth-order valence-corrected chi connectivity index (χ4v) is 3.95. The number of halogens is 1. The Morgan fingerprint density at radius 1 is 1.18 bits per heavy atom. The third-order valence-electron chi connectivity index (χ3n) is 5.18. The van der Waals surface area contributed by atoms with Crippen molar-refractivity contribution in [2.75, 3.05) is 31.1 Å². The molecule has 0 atom stereocenters. The summed E-state index contributed by atoms with van der Waals surface area (Å²) in [6, 6.07) is 8.39. The van der Waals surface area contributed by atoms with Gasteiger partial charge in [-0.15, -0.1) is 0 Å². The summed E-state index contributed by atoms with van der Waals surface area (Å²) in [5, 5.41) is 12.6. The van der Waals surface area contributed by atoms with E-state index in [1.165, 1.54) is 6.07 Å². The van der Waals surface area contributed by atoms with E-state index >= 15 is 4.39 Å². The van der Waals surface area contributed by atoms with E-state index < -0.39 is 22.9 Å². The predicted octanol–water partition coefficient (Wildman–Crippen LogP) is 2.32. The van der Waals surface area contributed by atoms with E-state index in [1.54, 1.807) is 12.1 Å². The highest BCUT2D eigenvalue weighted by molar-refractivity contribution is 6.00. The van der Waals surface area contributed by atoms with E-state index in [0.717, 1.165) is 23.7 Å². The van der Waals surface area contributed by atoms with Gasteiger partial charge in [0.2, 0.25) is 0 Å². The van der Waals surface area contributed by atoms with Gasteiger partial charge in [0, 0.05) is 43.4 Å². The van der Waals surface area contributed by atoms with Crippen molar-refractivity contribution in [1.29, 1.82) is 0 Å². The summed E-state index contributed by atoms with van der Waals surface area (Å²) in [7, 11) is 0. The van der Waals surface area contributed by atoms with Crippen LogP contribution >= 0.6 is 0 Å². The minimum absolute atomic E-state index is 0.224. The van der Waals surface area contributed by atoms with Gasteiger partial charge in [-0.05, 0) is 6.07 Å². The number of piperazine rings is 1. The lowest BCUT2D eigenvalue weighted by Gasteiger charge is -2.33. The zero-order valence-corrected chi connectivity index (χ0v) is 14.7. The van der Waals surface area contributed by atoms with Crippen molar-refractivity contribution in [1.82, 2.24) is 9.72 Å². The SMILES string of the molecule is O=C(O)c1cc2c3c(c(N4CCNCC4)c(F)cn3c1=O)-c1ccccc1O2. The molecule has 2 N–H and O–H groups in total. The number of hydrogen-bond acceptors (Lipinski definition) is 5. The van der Waals surface area contributed by atoms with Crippen molar-refractivity contribution >= 4 is 17.2 Å². The molecule has 0 aliphatic carbocycles. The number of aromatic nitrogens is 1. The highest BCUT2D eigenvalue weighted by Crippen LogP contribution is 2.48. The molecule has 2 aromatic heterocycles. The topological polar surface area (TPSA) is 83.3 Å². The Bertz CT molecular complexity index is 1200. The second kappa shape index (κ2) is 6.07. The number of ether oxygens (including phenoxy) is 1. The maximum Gasteiger partial charge on any atom is 0.341 e. The first-order chi connectivity index (χ1) is 13.6. The fraction of sp³-hybridized carbons (Fsp3) is 0.200. The molecule has 7 nitrogen and oxygen atoms in total. The standard InChI is InChI=1S/C20H16FN3O4/c21-13-10-24-18-15(9-12(19(24)25)20(26)27)28-14-4-2-1-3-11(14)16(18)17(13)23-7-5-22-6-8-23/h1-4,9-10,22H,5-8H2,(H,26,27). The summed E-state index contributed by atoms with van der Waals surface area (Å²) >= 11 is 0.